The monoisotopic (exact) mass is 398 g/mol. The minimum atomic E-state index is -0.427. The van der Waals surface area contributed by atoms with Gasteiger partial charge in [0.2, 0.25) is 11.8 Å². The SMILES string of the molecule is COCCN1C(=O)CC[C@@H](C(=O)NCCc2ccccc2)[C@@H]1c1ccc(F)cc1. The van der Waals surface area contributed by atoms with E-state index in [1.807, 2.05) is 30.3 Å². The van der Waals surface area contributed by atoms with E-state index in [9.17, 15) is 14.0 Å². The molecular formula is C23H27FN2O3. The van der Waals surface area contributed by atoms with Crippen LogP contribution in [0.4, 0.5) is 4.39 Å². The normalized spacial score (nSPS) is 19.2. The number of carbonyl (C=O) groups excluding carboxylic acids is 2. The Labute approximate surface area is 170 Å². The maximum Gasteiger partial charge on any atom is 0.225 e. The second kappa shape index (κ2) is 10.2. The Morgan fingerprint density at radius 2 is 1.90 bits per heavy atom. The Morgan fingerprint density at radius 3 is 2.59 bits per heavy atom. The summed E-state index contributed by atoms with van der Waals surface area (Å²) in [6, 6.07) is 15.6. The highest BCUT2D eigenvalue weighted by molar-refractivity contribution is 5.85. The molecular weight excluding hydrogens is 371 g/mol. The van der Waals surface area contributed by atoms with E-state index in [1.165, 1.54) is 12.1 Å². The molecule has 1 saturated heterocycles. The standard InChI is InChI=1S/C23H27FN2O3/c1-29-16-15-26-21(27)12-11-20(22(26)18-7-9-19(24)10-8-18)23(28)25-14-13-17-5-3-2-4-6-17/h2-10,20,22H,11-16H2,1H3,(H,25,28)/t20-,22+/m1/s1. The first kappa shape index (κ1) is 21.0. The molecule has 1 aliphatic heterocycles. The van der Waals surface area contributed by atoms with Crippen molar-refractivity contribution in [2.24, 2.45) is 5.92 Å². The van der Waals surface area contributed by atoms with Gasteiger partial charge in [0, 0.05) is 26.6 Å². The minimum Gasteiger partial charge on any atom is -0.383 e. The van der Waals surface area contributed by atoms with E-state index in [2.05, 4.69) is 5.32 Å². The van der Waals surface area contributed by atoms with E-state index >= 15 is 0 Å². The number of ether oxygens (including phenoxy) is 1. The third kappa shape index (κ3) is 5.41. The van der Waals surface area contributed by atoms with E-state index in [0.717, 1.165) is 17.5 Å². The summed E-state index contributed by atoms with van der Waals surface area (Å²) in [5, 5.41) is 3.02. The van der Waals surface area contributed by atoms with Crippen LogP contribution in [0, 0.1) is 11.7 Å². The van der Waals surface area contributed by atoms with Crippen LogP contribution in [0.1, 0.15) is 30.0 Å². The number of nitrogens with one attached hydrogen (secondary N) is 1. The molecule has 5 nitrogen and oxygen atoms in total. The molecule has 2 amide bonds. The number of amides is 2. The van der Waals surface area contributed by atoms with Gasteiger partial charge in [-0.05, 0) is 36.1 Å². The highest BCUT2D eigenvalue weighted by Gasteiger charge is 2.40. The lowest BCUT2D eigenvalue weighted by Crippen LogP contribution is -2.49. The lowest BCUT2D eigenvalue weighted by molar-refractivity contribution is -0.144. The number of rotatable bonds is 8. The van der Waals surface area contributed by atoms with Gasteiger partial charge in [-0.15, -0.1) is 0 Å². The Hall–Kier alpha value is -2.73. The van der Waals surface area contributed by atoms with Crippen molar-refractivity contribution in [2.45, 2.75) is 25.3 Å². The number of carbonyl (C=O) groups is 2. The molecule has 1 N–H and O–H groups in total. The van der Waals surface area contributed by atoms with Crippen LogP contribution in [0.15, 0.2) is 54.6 Å². The van der Waals surface area contributed by atoms with Crippen LogP contribution in [-0.2, 0) is 20.7 Å². The fraction of sp³-hybridized carbons (Fsp3) is 0.391. The average molecular weight is 398 g/mol. The van der Waals surface area contributed by atoms with Gasteiger partial charge in [0.25, 0.3) is 0 Å². The number of hydrogen-bond donors (Lipinski definition) is 1. The number of nitrogens with zero attached hydrogens (tertiary/aromatic N) is 1. The van der Waals surface area contributed by atoms with Crippen LogP contribution >= 0.6 is 0 Å². The number of halogens is 1. The quantitative estimate of drug-likeness (QED) is 0.743. The van der Waals surface area contributed by atoms with Gasteiger partial charge in [-0.1, -0.05) is 42.5 Å². The third-order valence-corrected chi connectivity index (χ3v) is 5.35. The van der Waals surface area contributed by atoms with Crippen molar-refractivity contribution in [3.8, 4) is 0 Å². The Morgan fingerprint density at radius 1 is 1.17 bits per heavy atom. The van der Waals surface area contributed by atoms with E-state index in [-0.39, 0.29) is 23.5 Å². The van der Waals surface area contributed by atoms with E-state index in [4.69, 9.17) is 4.74 Å². The van der Waals surface area contributed by atoms with Gasteiger partial charge in [-0.3, -0.25) is 9.59 Å². The molecule has 0 bridgehead atoms. The van der Waals surface area contributed by atoms with Gasteiger partial charge < -0.3 is 15.0 Å². The molecule has 0 unspecified atom stereocenters. The van der Waals surface area contributed by atoms with Gasteiger partial charge >= 0.3 is 0 Å². The summed E-state index contributed by atoms with van der Waals surface area (Å²) < 4.78 is 18.6. The molecule has 0 aliphatic carbocycles. The van der Waals surface area contributed by atoms with Gasteiger partial charge in [0.05, 0.1) is 18.6 Å². The number of piperidine rings is 1. The Kier molecular flexibility index (Phi) is 7.36. The maximum atomic E-state index is 13.4. The van der Waals surface area contributed by atoms with Crippen molar-refractivity contribution in [2.75, 3.05) is 26.8 Å². The maximum absolute atomic E-state index is 13.4. The number of benzene rings is 2. The summed E-state index contributed by atoms with van der Waals surface area (Å²) in [6.07, 6.45) is 1.53. The molecule has 2 aromatic rings. The molecule has 29 heavy (non-hydrogen) atoms. The molecule has 0 aromatic heterocycles. The zero-order chi connectivity index (χ0) is 20.6. The van der Waals surface area contributed by atoms with Crippen molar-refractivity contribution < 1.29 is 18.7 Å². The van der Waals surface area contributed by atoms with Crippen LogP contribution in [0.3, 0.4) is 0 Å². The molecule has 3 rings (SSSR count). The topological polar surface area (TPSA) is 58.6 Å². The van der Waals surface area contributed by atoms with Crippen molar-refractivity contribution in [1.82, 2.24) is 10.2 Å². The average Bonchev–Trinajstić information content (AvgIpc) is 2.74. The second-order valence-corrected chi connectivity index (χ2v) is 7.25. The molecule has 1 aliphatic rings. The molecule has 2 atom stereocenters. The smallest absolute Gasteiger partial charge is 0.225 e. The fourth-order valence-electron chi connectivity index (χ4n) is 3.86. The van der Waals surface area contributed by atoms with Gasteiger partial charge in [-0.25, -0.2) is 4.39 Å². The number of hydrogen-bond acceptors (Lipinski definition) is 3. The predicted molar refractivity (Wildman–Crippen MR) is 109 cm³/mol. The predicted octanol–water partition coefficient (Wildman–Crippen LogP) is 3.11. The van der Waals surface area contributed by atoms with Gasteiger partial charge in [-0.2, -0.15) is 0 Å². The molecule has 1 heterocycles. The minimum absolute atomic E-state index is 0.00953. The Balaban J connectivity index is 1.75. The highest BCUT2D eigenvalue weighted by Crippen LogP contribution is 2.36. The number of methoxy groups -OCH3 is 1. The van der Waals surface area contributed by atoms with E-state index < -0.39 is 6.04 Å². The summed E-state index contributed by atoms with van der Waals surface area (Å²) in [6.45, 7) is 1.30. The molecule has 2 aromatic carbocycles. The Bertz CT molecular complexity index is 811. The van der Waals surface area contributed by atoms with Crippen molar-refractivity contribution in [1.29, 1.82) is 0 Å². The molecule has 1 fully saturated rings. The zero-order valence-electron chi connectivity index (χ0n) is 16.6. The van der Waals surface area contributed by atoms with Crippen molar-refractivity contribution in [3.05, 3.63) is 71.5 Å². The van der Waals surface area contributed by atoms with Gasteiger partial charge in [0.15, 0.2) is 0 Å². The molecule has 0 spiro atoms. The van der Waals surface area contributed by atoms with Crippen molar-refractivity contribution in [3.63, 3.8) is 0 Å². The lowest BCUT2D eigenvalue weighted by Gasteiger charge is -2.40. The van der Waals surface area contributed by atoms with E-state index in [1.54, 1.807) is 24.1 Å². The van der Waals surface area contributed by atoms with Crippen LogP contribution in [0.25, 0.3) is 0 Å². The first-order chi connectivity index (χ1) is 14.1. The summed E-state index contributed by atoms with van der Waals surface area (Å²) >= 11 is 0. The third-order valence-electron chi connectivity index (χ3n) is 5.35. The molecule has 0 saturated carbocycles. The summed E-state index contributed by atoms with van der Waals surface area (Å²) in [5.41, 5.74) is 1.92. The molecule has 0 radical (unpaired) electrons. The molecule has 6 heteroatoms. The van der Waals surface area contributed by atoms with Crippen LogP contribution in [0.5, 0.6) is 0 Å². The molecule has 154 valence electrons. The van der Waals surface area contributed by atoms with Gasteiger partial charge in [0.1, 0.15) is 5.82 Å². The largest absolute Gasteiger partial charge is 0.383 e. The lowest BCUT2D eigenvalue weighted by atomic mass is 9.83. The number of likely N-dealkylation sites (tertiary alicyclic amines) is 1. The first-order valence-electron chi connectivity index (χ1n) is 9.95. The highest BCUT2D eigenvalue weighted by atomic mass is 19.1. The summed E-state index contributed by atoms with van der Waals surface area (Å²) in [5.74, 6) is -0.816. The fourth-order valence-corrected chi connectivity index (χ4v) is 3.86. The van der Waals surface area contributed by atoms with Crippen LogP contribution in [0.2, 0.25) is 0 Å². The van der Waals surface area contributed by atoms with Crippen LogP contribution in [-0.4, -0.2) is 43.5 Å². The summed E-state index contributed by atoms with van der Waals surface area (Å²) in [7, 11) is 1.58. The first-order valence-corrected chi connectivity index (χ1v) is 9.95. The zero-order valence-corrected chi connectivity index (χ0v) is 16.6. The van der Waals surface area contributed by atoms with Crippen molar-refractivity contribution >= 4 is 11.8 Å². The van der Waals surface area contributed by atoms with E-state index in [0.29, 0.717) is 32.5 Å². The van der Waals surface area contributed by atoms with Crippen LogP contribution < -0.4 is 5.32 Å². The summed E-state index contributed by atoms with van der Waals surface area (Å²) in [4.78, 5) is 27.3. The second-order valence-electron chi connectivity index (χ2n) is 7.25.